The predicted molar refractivity (Wildman–Crippen MR) is 71.1 cm³/mol. The average Bonchev–Trinajstić information content (AvgIpc) is 2.97. The lowest BCUT2D eigenvalue weighted by Crippen LogP contribution is -2.43. The van der Waals surface area contributed by atoms with Crippen LogP contribution in [0.2, 0.25) is 0 Å². The van der Waals surface area contributed by atoms with Gasteiger partial charge in [0, 0.05) is 4.88 Å². The number of carbonyl (C=O) groups is 1. The molecule has 2 unspecified atom stereocenters. The first-order valence-corrected chi connectivity index (χ1v) is 7.13. The van der Waals surface area contributed by atoms with Crippen molar-refractivity contribution in [3.05, 3.63) is 22.4 Å². The quantitative estimate of drug-likeness (QED) is 0.863. The van der Waals surface area contributed by atoms with Gasteiger partial charge in [0.2, 0.25) is 5.91 Å². The van der Waals surface area contributed by atoms with E-state index in [-0.39, 0.29) is 18.0 Å². The zero-order chi connectivity index (χ0) is 12.3. The van der Waals surface area contributed by atoms with Crippen molar-refractivity contribution >= 4 is 17.2 Å². The summed E-state index contributed by atoms with van der Waals surface area (Å²) in [6, 6.07) is 4.29. The number of hydrogen-bond donors (Lipinski definition) is 2. The first-order valence-electron chi connectivity index (χ1n) is 6.25. The first-order chi connectivity index (χ1) is 8.18. The average molecular weight is 252 g/mol. The van der Waals surface area contributed by atoms with Gasteiger partial charge >= 0.3 is 0 Å². The topological polar surface area (TPSA) is 41.1 Å². The van der Waals surface area contributed by atoms with Gasteiger partial charge < -0.3 is 10.6 Å². The Hall–Kier alpha value is -0.870. The highest BCUT2D eigenvalue weighted by Gasteiger charge is 2.26. The van der Waals surface area contributed by atoms with E-state index in [0.717, 1.165) is 19.4 Å². The number of hydrogen-bond acceptors (Lipinski definition) is 3. The molecule has 3 nitrogen and oxygen atoms in total. The number of thiophene rings is 1. The Labute approximate surface area is 107 Å². The van der Waals surface area contributed by atoms with Crippen LogP contribution in [0.25, 0.3) is 0 Å². The van der Waals surface area contributed by atoms with E-state index >= 15 is 0 Å². The van der Waals surface area contributed by atoms with Crippen molar-refractivity contribution in [2.75, 3.05) is 6.54 Å². The fraction of sp³-hybridized carbons (Fsp3) is 0.615. The molecule has 0 radical (unpaired) electrons. The molecule has 94 valence electrons. The largest absolute Gasteiger partial charge is 0.347 e. The minimum atomic E-state index is 0.0104. The summed E-state index contributed by atoms with van der Waals surface area (Å²) in [6.45, 7) is 5.25. The molecule has 2 heterocycles. The zero-order valence-corrected chi connectivity index (χ0v) is 11.2. The Morgan fingerprint density at radius 3 is 2.94 bits per heavy atom. The van der Waals surface area contributed by atoms with Gasteiger partial charge in [0.15, 0.2) is 0 Å². The van der Waals surface area contributed by atoms with E-state index in [1.807, 2.05) is 6.07 Å². The molecule has 1 fully saturated rings. The summed E-state index contributed by atoms with van der Waals surface area (Å²) < 4.78 is 0. The SMILES string of the molecule is CC(C)C(NC(=O)C1CCCN1)c1cccs1. The van der Waals surface area contributed by atoms with Crippen LogP contribution in [-0.4, -0.2) is 18.5 Å². The van der Waals surface area contributed by atoms with Crippen LogP contribution in [0, 0.1) is 5.92 Å². The molecule has 1 aromatic rings. The summed E-state index contributed by atoms with van der Waals surface area (Å²) in [5.74, 6) is 0.564. The molecule has 0 saturated carbocycles. The second-order valence-corrected chi connectivity index (χ2v) is 5.87. The minimum Gasteiger partial charge on any atom is -0.347 e. The van der Waals surface area contributed by atoms with Crippen LogP contribution < -0.4 is 10.6 Å². The molecular weight excluding hydrogens is 232 g/mol. The molecule has 1 saturated heterocycles. The van der Waals surface area contributed by atoms with Crippen LogP contribution in [-0.2, 0) is 4.79 Å². The van der Waals surface area contributed by atoms with Gasteiger partial charge in [-0.25, -0.2) is 0 Å². The van der Waals surface area contributed by atoms with Gasteiger partial charge in [-0.15, -0.1) is 11.3 Å². The minimum absolute atomic E-state index is 0.0104. The molecule has 1 aromatic heterocycles. The molecule has 1 aliphatic heterocycles. The van der Waals surface area contributed by atoms with E-state index < -0.39 is 0 Å². The van der Waals surface area contributed by atoms with E-state index in [1.165, 1.54) is 4.88 Å². The third kappa shape index (κ3) is 3.07. The lowest BCUT2D eigenvalue weighted by atomic mass is 10.0. The molecule has 4 heteroatoms. The van der Waals surface area contributed by atoms with Crippen LogP contribution >= 0.6 is 11.3 Å². The van der Waals surface area contributed by atoms with Crippen molar-refractivity contribution in [3.63, 3.8) is 0 Å². The van der Waals surface area contributed by atoms with Gasteiger partial charge in [-0.3, -0.25) is 4.79 Å². The van der Waals surface area contributed by atoms with Crippen LogP contribution in [0.15, 0.2) is 17.5 Å². The lowest BCUT2D eigenvalue weighted by molar-refractivity contribution is -0.123. The molecule has 2 N–H and O–H groups in total. The van der Waals surface area contributed by atoms with Crippen LogP contribution in [0.1, 0.15) is 37.6 Å². The number of rotatable bonds is 4. The molecular formula is C13H20N2OS. The Kier molecular flexibility index (Phi) is 4.18. The van der Waals surface area contributed by atoms with Gasteiger partial charge in [-0.2, -0.15) is 0 Å². The fourth-order valence-electron chi connectivity index (χ4n) is 2.20. The number of nitrogens with one attached hydrogen (secondary N) is 2. The normalized spacial score (nSPS) is 21.7. The van der Waals surface area contributed by atoms with E-state index in [2.05, 4.69) is 35.9 Å². The molecule has 0 spiro atoms. The van der Waals surface area contributed by atoms with E-state index in [9.17, 15) is 4.79 Å². The molecule has 2 rings (SSSR count). The second kappa shape index (κ2) is 5.65. The van der Waals surface area contributed by atoms with Crippen molar-refractivity contribution in [2.24, 2.45) is 5.92 Å². The third-order valence-corrected chi connectivity index (χ3v) is 4.15. The molecule has 1 amide bonds. The van der Waals surface area contributed by atoms with E-state index in [1.54, 1.807) is 11.3 Å². The summed E-state index contributed by atoms with van der Waals surface area (Å²) in [6.07, 6.45) is 2.06. The summed E-state index contributed by atoms with van der Waals surface area (Å²) in [5.41, 5.74) is 0. The van der Waals surface area contributed by atoms with Gasteiger partial charge in [-0.1, -0.05) is 19.9 Å². The van der Waals surface area contributed by atoms with Gasteiger partial charge in [0.1, 0.15) is 0 Å². The van der Waals surface area contributed by atoms with E-state index in [4.69, 9.17) is 0 Å². The highest BCUT2D eigenvalue weighted by molar-refractivity contribution is 7.10. The van der Waals surface area contributed by atoms with Gasteiger partial charge in [-0.05, 0) is 36.8 Å². The molecule has 0 bridgehead atoms. The Bertz CT molecular complexity index is 356. The molecule has 0 aromatic carbocycles. The van der Waals surface area contributed by atoms with Crippen LogP contribution in [0.3, 0.4) is 0 Å². The van der Waals surface area contributed by atoms with Crippen molar-refractivity contribution in [1.82, 2.24) is 10.6 Å². The monoisotopic (exact) mass is 252 g/mol. The highest BCUT2D eigenvalue weighted by Crippen LogP contribution is 2.26. The predicted octanol–water partition coefficient (Wildman–Crippen LogP) is 2.31. The first kappa shape index (κ1) is 12.6. The van der Waals surface area contributed by atoms with Crippen molar-refractivity contribution in [3.8, 4) is 0 Å². The summed E-state index contributed by atoms with van der Waals surface area (Å²) >= 11 is 1.71. The van der Waals surface area contributed by atoms with Gasteiger partial charge in [0.05, 0.1) is 12.1 Å². The maximum atomic E-state index is 12.1. The molecule has 2 atom stereocenters. The van der Waals surface area contributed by atoms with Crippen molar-refractivity contribution in [2.45, 2.75) is 38.8 Å². The second-order valence-electron chi connectivity index (χ2n) is 4.89. The number of amides is 1. The van der Waals surface area contributed by atoms with Crippen LogP contribution in [0.4, 0.5) is 0 Å². The highest BCUT2D eigenvalue weighted by atomic mass is 32.1. The van der Waals surface area contributed by atoms with E-state index in [0.29, 0.717) is 5.92 Å². The molecule has 1 aliphatic rings. The fourth-order valence-corrected chi connectivity index (χ4v) is 3.15. The maximum Gasteiger partial charge on any atom is 0.237 e. The Morgan fingerprint density at radius 2 is 2.41 bits per heavy atom. The zero-order valence-electron chi connectivity index (χ0n) is 10.4. The maximum absolute atomic E-state index is 12.1. The van der Waals surface area contributed by atoms with Crippen LogP contribution in [0.5, 0.6) is 0 Å². The Morgan fingerprint density at radius 1 is 1.59 bits per heavy atom. The number of carbonyl (C=O) groups excluding carboxylic acids is 1. The van der Waals surface area contributed by atoms with Crippen molar-refractivity contribution < 1.29 is 4.79 Å². The van der Waals surface area contributed by atoms with Crippen molar-refractivity contribution in [1.29, 1.82) is 0 Å². The summed E-state index contributed by atoms with van der Waals surface area (Å²) in [5, 5.41) is 8.47. The lowest BCUT2D eigenvalue weighted by Gasteiger charge is -2.23. The molecule has 17 heavy (non-hydrogen) atoms. The smallest absolute Gasteiger partial charge is 0.237 e. The Balaban J connectivity index is 2.00. The third-order valence-electron chi connectivity index (χ3n) is 3.19. The standard InChI is InChI=1S/C13H20N2OS/c1-9(2)12(11-6-4-8-17-11)15-13(16)10-5-3-7-14-10/h4,6,8-10,12,14H,3,5,7H2,1-2H3,(H,15,16). The molecule has 0 aliphatic carbocycles. The summed E-state index contributed by atoms with van der Waals surface area (Å²) in [7, 11) is 0. The van der Waals surface area contributed by atoms with Gasteiger partial charge in [0.25, 0.3) is 0 Å². The summed E-state index contributed by atoms with van der Waals surface area (Å²) in [4.78, 5) is 13.3.